The Morgan fingerprint density at radius 1 is 1.31 bits per heavy atom. The van der Waals surface area contributed by atoms with E-state index in [1.165, 1.54) is 31.4 Å². The third kappa shape index (κ3) is 4.98. The highest BCUT2D eigenvalue weighted by atomic mass is 35.5. The van der Waals surface area contributed by atoms with Gasteiger partial charge in [0.05, 0.1) is 19.5 Å². The van der Waals surface area contributed by atoms with Crippen LogP contribution in [0.5, 0.6) is 5.75 Å². The highest BCUT2D eigenvalue weighted by molar-refractivity contribution is 6.30. The van der Waals surface area contributed by atoms with Gasteiger partial charge in [-0.05, 0) is 18.2 Å². The SMILES string of the molecule is CNC(=O)[C@H]1O[C@@H](n2cnc3c(NCc4cc(Cl)ccc4OCC(=O)OC)ncnc32)[C@H](O)[C@@H]1N. The molecule has 0 aliphatic carbocycles. The minimum atomic E-state index is -1.16. The molecule has 5 N–H and O–H groups in total. The van der Waals surface area contributed by atoms with E-state index in [0.29, 0.717) is 33.3 Å². The average molecular weight is 506 g/mol. The van der Waals surface area contributed by atoms with Gasteiger partial charge in [0.25, 0.3) is 5.91 Å². The summed E-state index contributed by atoms with van der Waals surface area (Å²) in [7, 11) is 2.74. The summed E-state index contributed by atoms with van der Waals surface area (Å²) in [6, 6.07) is 4.06. The van der Waals surface area contributed by atoms with Crippen LogP contribution in [0, 0.1) is 0 Å². The summed E-state index contributed by atoms with van der Waals surface area (Å²) in [5.74, 6) is -0.115. The van der Waals surface area contributed by atoms with Crippen LogP contribution in [0.1, 0.15) is 11.8 Å². The molecule has 1 saturated heterocycles. The number of likely N-dealkylation sites (N-methyl/N-ethyl adjacent to an activating group) is 1. The van der Waals surface area contributed by atoms with Gasteiger partial charge >= 0.3 is 5.97 Å². The van der Waals surface area contributed by atoms with Gasteiger partial charge in [-0.15, -0.1) is 0 Å². The third-order valence-corrected chi connectivity index (χ3v) is 5.74. The molecule has 2 aromatic heterocycles. The van der Waals surface area contributed by atoms with Crippen molar-refractivity contribution in [1.29, 1.82) is 0 Å². The number of rotatable bonds is 8. The number of fused-ring (bicyclic) bond motifs is 1. The summed E-state index contributed by atoms with van der Waals surface area (Å²) in [4.78, 5) is 36.4. The van der Waals surface area contributed by atoms with Gasteiger partial charge in [-0.3, -0.25) is 9.36 Å². The molecule has 0 unspecified atom stereocenters. The first-order chi connectivity index (χ1) is 16.8. The summed E-state index contributed by atoms with van der Waals surface area (Å²) in [5.41, 5.74) is 7.43. The molecular weight excluding hydrogens is 482 g/mol. The molecule has 1 aliphatic heterocycles. The topological polar surface area (TPSA) is 176 Å². The number of hydrogen-bond donors (Lipinski definition) is 4. The van der Waals surface area contributed by atoms with Crippen molar-refractivity contribution in [3.8, 4) is 5.75 Å². The number of carbonyl (C=O) groups excluding carboxylic acids is 2. The minimum absolute atomic E-state index is 0.238. The number of hydrogen-bond acceptors (Lipinski definition) is 11. The van der Waals surface area contributed by atoms with Crippen LogP contribution in [-0.4, -0.2) is 75.5 Å². The van der Waals surface area contributed by atoms with E-state index in [4.69, 9.17) is 26.8 Å². The molecule has 0 bridgehead atoms. The lowest BCUT2D eigenvalue weighted by molar-refractivity contribution is -0.143. The van der Waals surface area contributed by atoms with Crippen molar-refractivity contribution in [2.45, 2.75) is 31.0 Å². The summed E-state index contributed by atoms with van der Waals surface area (Å²) < 4.78 is 17.4. The van der Waals surface area contributed by atoms with Gasteiger partial charge in [0, 0.05) is 24.2 Å². The highest BCUT2D eigenvalue weighted by Crippen LogP contribution is 2.32. The maximum atomic E-state index is 12.0. The van der Waals surface area contributed by atoms with E-state index in [2.05, 4.69) is 30.3 Å². The second-order valence-corrected chi connectivity index (χ2v) is 8.08. The fourth-order valence-electron chi connectivity index (χ4n) is 3.67. The third-order valence-electron chi connectivity index (χ3n) is 5.50. The van der Waals surface area contributed by atoms with E-state index in [1.807, 2.05) is 0 Å². The van der Waals surface area contributed by atoms with Crippen molar-refractivity contribution in [2.24, 2.45) is 5.73 Å². The lowest BCUT2D eigenvalue weighted by atomic mass is 10.1. The van der Waals surface area contributed by atoms with Crippen molar-refractivity contribution < 1.29 is 28.9 Å². The molecule has 13 nitrogen and oxygen atoms in total. The maximum Gasteiger partial charge on any atom is 0.343 e. The summed E-state index contributed by atoms with van der Waals surface area (Å²) in [6.07, 6.45) is -0.397. The lowest BCUT2D eigenvalue weighted by Crippen LogP contribution is -2.46. The molecule has 3 heterocycles. The monoisotopic (exact) mass is 505 g/mol. The second kappa shape index (κ2) is 10.4. The smallest absolute Gasteiger partial charge is 0.343 e. The number of halogens is 1. The number of nitrogens with one attached hydrogen (secondary N) is 2. The number of esters is 1. The van der Waals surface area contributed by atoms with Gasteiger partial charge in [-0.2, -0.15) is 0 Å². The molecule has 0 spiro atoms. The molecule has 3 aromatic rings. The number of anilines is 1. The molecule has 14 heteroatoms. The lowest BCUT2D eigenvalue weighted by Gasteiger charge is -2.17. The van der Waals surface area contributed by atoms with Crippen molar-refractivity contribution in [2.75, 3.05) is 26.1 Å². The number of amides is 1. The number of aromatic nitrogens is 4. The molecule has 4 rings (SSSR count). The Bertz CT molecular complexity index is 1240. The first kappa shape index (κ1) is 24.6. The van der Waals surface area contributed by atoms with Crippen molar-refractivity contribution in [3.63, 3.8) is 0 Å². The standard InChI is InChI=1S/C21H24ClN7O6/c1-24-20(32)17-14(23)16(31)21(35-17)29-9-28-15-18(26-8-27-19(15)29)25-6-10-5-11(22)3-4-12(10)34-7-13(30)33-2/h3-5,8-9,14,16-17,21,31H,6-7,23H2,1-2H3,(H,24,32)(H,25,26,27)/t14-,16+,17-,21+/m0/s1. The van der Waals surface area contributed by atoms with Crippen molar-refractivity contribution >= 4 is 40.5 Å². The quantitative estimate of drug-likeness (QED) is 0.302. The fourth-order valence-corrected chi connectivity index (χ4v) is 3.86. The number of imidazole rings is 1. The zero-order valence-corrected chi connectivity index (χ0v) is 19.6. The summed E-state index contributed by atoms with van der Waals surface area (Å²) in [6.45, 7) is -0.0155. The maximum absolute atomic E-state index is 12.0. The predicted molar refractivity (Wildman–Crippen MR) is 124 cm³/mol. The van der Waals surface area contributed by atoms with Gasteiger partial charge in [-0.1, -0.05) is 11.6 Å². The number of methoxy groups -OCH3 is 1. The largest absolute Gasteiger partial charge is 0.482 e. The predicted octanol–water partition coefficient (Wildman–Crippen LogP) is -0.0248. The van der Waals surface area contributed by atoms with Crippen molar-refractivity contribution in [1.82, 2.24) is 24.8 Å². The van der Waals surface area contributed by atoms with Crippen LogP contribution in [0.3, 0.4) is 0 Å². The Kier molecular flexibility index (Phi) is 7.31. The van der Waals surface area contributed by atoms with E-state index >= 15 is 0 Å². The van der Waals surface area contributed by atoms with Gasteiger partial charge in [-0.25, -0.2) is 19.7 Å². The van der Waals surface area contributed by atoms with E-state index in [0.717, 1.165) is 0 Å². The van der Waals surface area contributed by atoms with Crippen molar-refractivity contribution in [3.05, 3.63) is 41.4 Å². The molecule has 1 fully saturated rings. The zero-order chi connectivity index (χ0) is 25.1. The molecule has 35 heavy (non-hydrogen) atoms. The summed E-state index contributed by atoms with van der Waals surface area (Å²) >= 11 is 6.14. The number of benzene rings is 1. The van der Waals surface area contributed by atoms with Crippen LogP contribution in [-0.2, 0) is 25.6 Å². The molecule has 1 amide bonds. The minimum Gasteiger partial charge on any atom is -0.482 e. The number of nitrogens with two attached hydrogens (primary N) is 1. The van der Waals surface area contributed by atoms with Gasteiger partial charge in [0.15, 0.2) is 35.9 Å². The normalized spacial score (nSPS) is 21.6. The Hall–Kier alpha value is -3.52. The van der Waals surface area contributed by atoms with Crippen LogP contribution in [0.25, 0.3) is 11.2 Å². The van der Waals surface area contributed by atoms with Gasteiger partial charge < -0.3 is 35.7 Å². The Morgan fingerprint density at radius 3 is 2.86 bits per heavy atom. The average Bonchev–Trinajstić information content (AvgIpc) is 3.42. The van der Waals surface area contributed by atoms with E-state index in [-0.39, 0.29) is 13.2 Å². The molecular formula is C21H24ClN7O6. The number of nitrogens with zero attached hydrogens (tertiary/aromatic N) is 4. The van der Waals surface area contributed by atoms with Crippen LogP contribution in [0.15, 0.2) is 30.9 Å². The molecule has 0 radical (unpaired) electrons. The molecule has 1 aliphatic rings. The Labute approximate surface area is 204 Å². The number of aliphatic hydroxyl groups is 1. The zero-order valence-electron chi connectivity index (χ0n) is 18.8. The van der Waals surface area contributed by atoms with E-state index < -0.39 is 36.4 Å². The number of aliphatic hydroxyl groups excluding tert-OH is 1. The Morgan fingerprint density at radius 2 is 2.11 bits per heavy atom. The molecule has 186 valence electrons. The Balaban J connectivity index is 1.56. The first-order valence-electron chi connectivity index (χ1n) is 10.5. The fraction of sp³-hybridized carbons (Fsp3) is 0.381. The molecule has 4 atom stereocenters. The molecule has 1 aromatic carbocycles. The van der Waals surface area contributed by atoms with Crippen LogP contribution in [0.2, 0.25) is 5.02 Å². The van der Waals surface area contributed by atoms with E-state index in [9.17, 15) is 14.7 Å². The second-order valence-electron chi connectivity index (χ2n) is 7.65. The summed E-state index contributed by atoms with van der Waals surface area (Å²) in [5, 5.41) is 16.7. The van der Waals surface area contributed by atoms with Crippen LogP contribution < -0.4 is 21.1 Å². The number of ether oxygens (including phenoxy) is 3. The van der Waals surface area contributed by atoms with Gasteiger partial charge in [0.2, 0.25) is 0 Å². The molecule has 0 saturated carbocycles. The number of carbonyl (C=O) groups is 2. The van der Waals surface area contributed by atoms with Crippen LogP contribution in [0.4, 0.5) is 5.82 Å². The van der Waals surface area contributed by atoms with E-state index in [1.54, 1.807) is 18.2 Å². The first-order valence-corrected chi connectivity index (χ1v) is 10.9. The highest BCUT2D eigenvalue weighted by Gasteiger charge is 2.46. The van der Waals surface area contributed by atoms with Crippen LogP contribution >= 0.6 is 11.6 Å². The van der Waals surface area contributed by atoms with Gasteiger partial charge in [0.1, 0.15) is 18.2 Å².